The Hall–Kier alpha value is -3.68. The SMILES string of the molecule is C=C1C(CNC=O)=C(n2c(C)cnc(NCCc3ccccc3)c2=O)C(N)=NC1C. The normalized spacial score (nSPS) is 16.3. The Morgan fingerprint density at radius 3 is 2.73 bits per heavy atom. The number of amides is 1. The quantitative estimate of drug-likeness (QED) is 0.575. The van der Waals surface area contributed by atoms with Crippen molar-refractivity contribution in [2.24, 2.45) is 10.7 Å². The molecule has 0 fully saturated rings. The van der Waals surface area contributed by atoms with Gasteiger partial charge in [0.25, 0.3) is 5.56 Å². The second-order valence-corrected chi connectivity index (χ2v) is 7.09. The maximum absolute atomic E-state index is 13.3. The van der Waals surface area contributed by atoms with E-state index in [1.54, 1.807) is 13.1 Å². The molecule has 2 heterocycles. The molecule has 0 aliphatic carbocycles. The van der Waals surface area contributed by atoms with Crippen LogP contribution >= 0.6 is 0 Å². The molecule has 0 radical (unpaired) electrons. The number of amidine groups is 1. The molecular formula is C22H26N6O2. The molecule has 0 saturated carbocycles. The van der Waals surface area contributed by atoms with Crippen LogP contribution < -0.4 is 21.9 Å². The molecule has 1 atom stereocenters. The van der Waals surface area contributed by atoms with E-state index in [0.717, 1.165) is 12.0 Å². The topological polar surface area (TPSA) is 114 Å². The highest BCUT2D eigenvalue weighted by Gasteiger charge is 2.26. The predicted molar refractivity (Wildman–Crippen MR) is 119 cm³/mol. The summed E-state index contributed by atoms with van der Waals surface area (Å²) >= 11 is 0. The number of aryl methyl sites for hydroxylation is 1. The van der Waals surface area contributed by atoms with Crippen LogP contribution in [0.15, 0.2) is 64.0 Å². The van der Waals surface area contributed by atoms with Crippen LogP contribution in [0.4, 0.5) is 5.82 Å². The molecule has 30 heavy (non-hydrogen) atoms. The van der Waals surface area contributed by atoms with Crippen LogP contribution in [0.5, 0.6) is 0 Å². The molecule has 1 aliphatic rings. The molecule has 1 aliphatic heterocycles. The van der Waals surface area contributed by atoms with Gasteiger partial charge in [0.2, 0.25) is 6.41 Å². The molecule has 1 aromatic carbocycles. The molecule has 0 bridgehead atoms. The first kappa shape index (κ1) is 21.0. The molecule has 156 valence electrons. The molecule has 2 aromatic rings. The van der Waals surface area contributed by atoms with Crippen LogP contribution in [0.3, 0.4) is 0 Å². The number of carbonyl (C=O) groups excluding carboxylic acids is 1. The van der Waals surface area contributed by atoms with Gasteiger partial charge in [-0.25, -0.2) is 4.98 Å². The number of anilines is 1. The van der Waals surface area contributed by atoms with E-state index >= 15 is 0 Å². The summed E-state index contributed by atoms with van der Waals surface area (Å²) in [7, 11) is 0. The number of dihydropyridines is 1. The number of nitrogens with two attached hydrogens (primary N) is 1. The van der Waals surface area contributed by atoms with E-state index in [1.807, 2.05) is 37.3 Å². The third kappa shape index (κ3) is 4.32. The van der Waals surface area contributed by atoms with Crippen LogP contribution in [0.25, 0.3) is 5.70 Å². The predicted octanol–water partition coefficient (Wildman–Crippen LogP) is 1.48. The van der Waals surface area contributed by atoms with E-state index in [0.29, 0.717) is 35.5 Å². The third-order valence-electron chi connectivity index (χ3n) is 5.03. The Kier molecular flexibility index (Phi) is 6.46. The summed E-state index contributed by atoms with van der Waals surface area (Å²) in [6.45, 7) is 8.47. The number of carbonyl (C=O) groups is 1. The van der Waals surface area contributed by atoms with Gasteiger partial charge in [-0.15, -0.1) is 0 Å². The first-order valence-corrected chi connectivity index (χ1v) is 9.73. The second-order valence-electron chi connectivity index (χ2n) is 7.09. The smallest absolute Gasteiger partial charge is 0.298 e. The average Bonchev–Trinajstić information content (AvgIpc) is 2.73. The Labute approximate surface area is 175 Å². The minimum absolute atomic E-state index is 0.198. The fourth-order valence-electron chi connectivity index (χ4n) is 3.40. The highest BCUT2D eigenvalue weighted by Crippen LogP contribution is 2.26. The zero-order valence-electron chi connectivity index (χ0n) is 17.2. The number of hydrogen-bond acceptors (Lipinski definition) is 6. The van der Waals surface area contributed by atoms with E-state index < -0.39 is 0 Å². The molecule has 1 amide bonds. The molecule has 8 nitrogen and oxygen atoms in total. The summed E-state index contributed by atoms with van der Waals surface area (Å²) in [6.07, 6.45) is 2.96. The zero-order valence-corrected chi connectivity index (χ0v) is 17.2. The van der Waals surface area contributed by atoms with E-state index in [9.17, 15) is 9.59 Å². The first-order chi connectivity index (χ1) is 14.4. The Morgan fingerprint density at radius 2 is 2.03 bits per heavy atom. The summed E-state index contributed by atoms with van der Waals surface area (Å²) < 4.78 is 1.48. The molecule has 8 heteroatoms. The van der Waals surface area contributed by atoms with E-state index in [2.05, 4.69) is 27.2 Å². The van der Waals surface area contributed by atoms with Crippen molar-refractivity contribution in [3.63, 3.8) is 0 Å². The van der Waals surface area contributed by atoms with Gasteiger partial charge in [-0.1, -0.05) is 36.9 Å². The Balaban J connectivity index is 1.97. The van der Waals surface area contributed by atoms with Crippen molar-refractivity contribution in [1.29, 1.82) is 0 Å². The van der Waals surface area contributed by atoms with Crippen molar-refractivity contribution >= 4 is 23.8 Å². The fourth-order valence-corrected chi connectivity index (χ4v) is 3.40. The molecule has 4 N–H and O–H groups in total. The van der Waals surface area contributed by atoms with Crippen LogP contribution in [-0.2, 0) is 11.2 Å². The third-order valence-corrected chi connectivity index (χ3v) is 5.03. The van der Waals surface area contributed by atoms with Gasteiger partial charge in [-0.3, -0.25) is 19.1 Å². The second kappa shape index (κ2) is 9.21. The van der Waals surface area contributed by atoms with Crippen molar-refractivity contribution in [1.82, 2.24) is 14.9 Å². The number of nitrogens with one attached hydrogen (secondary N) is 2. The van der Waals surface area contributed by atoms with Crippen molar-refractivity contribution in [2.45, 2.75) is 26.3 Å². The van der Waals surface area contributed by atoms with Crippen molar-refractivity contribution < 1.29 is 4.79 Å². The lowest BCUT2D eigenvalue weighted by molar-refractivity contribution is -0.109. The van der Waals surface area contributed by atoms with Crippen molar-refractivity contribution in [2.75, 3.05) is 18.4 Å². The molecule has 1 unspecified atom stereocenters. The molecular weight excluding hydrogens is 380 g/mol. The summed E-state index contributed by atoms with van der Waals surface area (Å²) in [6, 6.07) is 9.75. The Morgan fingerprint density at radius 1 is 1.30 bits per heavy atom. The zero-order chi connectivity index (χ0) is 21.7. The number of hydrogen-bond donors (Lipinski definition) is 3. The lowest BCUT2D eigenvalue weighted by atomic mass is 9.95. The summed E-state index contributed by atoms with van der Waals surface area (Å²) in [5.74, 6) is 0.452. The minimum atomic E-state index is -0.331. The van der Waals surface area contributed by atoms with Crippen LogP contribution in [0, 0.1) is 6.92 Å². The summed E-state index contributed by atoms with van der Waals surface area (Å²) in [4.78, 5) is 32.8. The van der Waals surface area contributed by atoms with Crippen LogP contribution in [-0.4, -0.2) is 40.9 Å². The van der Waals surface area contributed by atoms with Gasteiger partial charge in [0.1, 0.15) is 5.84 Å². The number of rotatable bonds is 8. The first-order valence-electron chi connectivity index (χ1n) is 9.73. The maximum Gasteiger partial charge on any atom is 0.298 e. The highest BCUT2D eigenvalue weighted by molar-refractivity contribution is 6.19. The average molecular weight is 406 g/mol. The Bertz CT molecular complexity index is 1070. The molecule has 0 spiro atoms. The van der Waals surface area contributed by atoms with Crippen LogP contribution in [0.1, 0.15) is 18.2 Å². The van der Waals surface area contributed by atoms with E-state index in [1.165, 1.54) is 4.57 Å². The fraction of sp³-hybridized carbons (Fsp3) is 0.273. The largest absolute Gasteiger partial charge is 0.382 e. The number of nitrogens with zero attached hydrogens (tertiary/aromatic N) is 3. The van der Waals surface area contributed by atoms with Gasteiger partial charge < -0.3 is 16.4 Å². The van der Waals surface area contributed by atoms with Crippen molar-refractivity contribution in [3.05, 3.63) is 75.9 Å². The lowest BCUT2D eigenvalue weighted by Crippen LogP contribution is -2.37. The van der Waals surface area contributed by atoms with E-state index in [-0.39, 0.29) is 29.8 Å². The van der Waals surface area contributed by atoms with Crippen molar-refractivity contribution in [3.8, 4) is 0 Å². The number of benzene rings is 1. The minimum Gasteiger partial charge on any atom is -0.382 e. The van der Waals surface area contributed by atoms with Gasteiger partial charge in [0, 0.05) is 30.6 Å². The van der Waals surface area contributed by atoms with Gasteiger partial charge in [0.05, 0.1) is 11.7 Å². The summed E-state index contributed by atoms with van der Waals surface area (Å²) in [5.41, 5.74) is 9.47. The van der Waals surface area contributed by atoms with Gasteiger partial charge >= 0.3 is 0 Å². The van der Waals surface area contributed by atoms with Gasteiger partial charge in [0.15, 0.2) is 5.82 Å². The number of aromatic nitrogens is 2. The van der Waals surface area contributed by atoms with Gasteiger partial charge in [-0.2, -0.15) is 0 Å². The molecule has 0 saturated heterocycles. The number of aliphatic imine (C=N–C) groups is 1. The molecule has 3 rings (SSSR count). The highest BCUT2D eigenvalue weighted by atomic mass is 16.1. The molecule has 1 aromatic heterocycles. The maximum atomic E-state index is 13.3. The monoisotopic (exact) mass is 406 g/mol. The van der Waals surface area contributed by atoms with Crippen LogP contribution in [0.2, 0.25) is 0 Å². The lowest BCUT2D eigenvalue weighted by Gasteiger charge is -2.27. The van der Waals surface area contributed by atoms with E-state index in [4.69, 9.17) is 5.73 Å². The van der Waals surface area contributed by atoms with Gasteiger partial charge in [-0.05, 0) is 31.4 Å². The standard InChI is InChI=1S/C22H26N6O2/c1-14-11-26-21(25-10-9-17-7-5-4-6-8-17)22(30)28(14)19-18(12-24-13-29)15(2)16(3)27-20(19)23/h4-8,11,13,16H,2,9-10,12H2,1,3H3,(H2,23,27)(H,24,29)(H,25,26). The summed E-state index contributed by atoms with van der Waals surface area (Å²) in [5, 5.41) is 5.76.